The number of rotatable bonds is 8. The van der Waals surface area contributed by atoms with Gasteiger partial charge >= 0.3 is 5.97 Å². The second-order valence-corrected chi connectivity index (χ2v) is 5.86. The summed E-state index contributed by atoms with van der Waals surface area (Å²) in [6.45, 7) is 4.56. The van der Waals surface area contributed by atoms with Gasteiger partial charge in [0.2, 0.25) is 5.91 Å². The molecule has 2 N–H and O–H groups in total. The summed E-state index contributed by atoms with van der Waals surface area (Å²) in [6, 6.07) is 8.17. The van der Waals surface area contributed by atoms with Crippen molar-refractivity contribution in [2.75, 3.05) is 0 Å². The largest absolute Gasteiger partial charge is 0.481 e. The van der Waals surface area contributed by atoms with E-state index in [2.05, 4.69) is 28.7 Å². The van der Waals surface area contributed by atoms with Crippen LogP contribution in [0.3, 0.4) is 0 Å². The minimum atomic E-state index is -0.823. The van der Waals surface area contributed by atoms with E-state index in [1.807, 2.05) is 24.3 Å². The zero-order chi connectivity index (χ0) is 16.8. The molecule has 0 saturated carbocycles. The number of amides is 1. The molecule has 0 fully saturated rings. The molecule has 0 spiro atoms. The van der Waals surface area contributed by atoms with Crippen LogP contribution in [0.2, 0.25) is 0 Å². The number of carboxylic acids is 1. The van der Waals surface area contributed by atoms with Crippen LogP contribution in [0.25, 0.3) is 11.0 Å². The van der Waals surface area contributed by atoms with Gasteiger partial charge in [-0.2, -0.15) is 0 Å². The monoisotopic (exact) mass is 317 g/mol. The van der Waals surface area contributed by atoms with E-state index in [1.54, 1.807) is 0 Å². The van der Waals surface area contributed by atoms with Crippen LogP contribution in [0.15, 0.2) is 24.3 Å². The molecule has 1 heterocycles. The number of imidazole rings is 1. The van der Waals surface area contributed by atoms with Crippen LogP contribution in [-0.4, -0.2) is 26.5 Å². The summed E-state index contributed by atoms with van der Waals surface area (Å²) in [4.78, 5) is 26.9. The molecule has 1 aromatic carbocycles. The van der Waals surface area contributed by atoms with Gasteiger partial charge in [-0.05, 0) is 38.8 Å². The van der Waals surface area contributed by atoms with Crippen molar-refractivity contribution in [1.82, 2.24) is 14.9 Å². The van der Waals surface area contributed by atoms with E-state index in [9.17, 15) is 9.59 Å². The van der Waals surface area contributed by atoms with E-state index in [0.717, 1.165) is 16.9 Å². The fourth-order valence-corrected chi connectivity index (χ4v) is 2.62. The standard InChI is InChI=1S/C17H23N3O3/c1-12(2)20-14-8-4-3-7-13(14)19-15(20)11-18-16(21)9-5-6-10-17(22)23/h3-4,7-8,12H,5-6,9-11H2,1-2H3,(H,18,21)(H,22,23). The Labute approximate surface area is 135 Å². The average molecular weight is 317 g/mol. The molecule has 0 unspecified atom stereocenters. The van der Waals surface area contributed by atoms with Crippen molar-refractivity contribution in [3.63, 3.8) is 0 Å². The molecule has 0 aliphatic carbocycles. The van der Waals surface area contributed by atoms with Crippen LogP contribution >= 0.6 is 0 Å². The van der Waals surface area contributed by atoms with E-state index >= 15 is 0 Å². The van der Waals surface area contributed by atoms with Gasteiger partial charge in [0.1, 0.15) is 5.82 Å². The van der Waals surface area contributed by atoms with Crippen molar-refractivity contribution >= 4 is 22.9 Å². The van der Waals surface area contributed by atoms with Gasteiger partial charge < -0.3 is 15.0 Å². The number of unbranched alkanes of at least 4 members (excludes halogenated alkanes) is 1. The van der Waals surface area contributed by atoms with Crippen molar-refractivity contribution in [3.05, 3.63) is 30.1 Å². The predicted molar refractivity (Wildman–Crippen MR) is 88.1 cm³/mol. The first-order valence-electron chi connectivity index (χ1n) is 7.93. The minimum Gasteiger partial charge on any atom is -0.481 e. The lowest BCUT2D eigenvalue weighted by Gasteiger charge is -2.13. The van der Waals surface area contributed by atoms with E-state index in [1.165, 1.54) is 0 Å². The quantitative estimate of drug-likeness (QED) is 0.733. The number of carboxylic acid groups (broad SMARTS) is 1. The molecule has 0 bridgehead atoms. The van der Waals surface area contributed by atoms with Crippen LogP contribution in [0.4, 0.5) is 0 Å². The van der Waals surface area contributed by atoms with Gasteiger partial charge in [0.05, 0.1) is 17.6 Å². The molecular formula is C17H23N3O3. The first-order chi connectivity index (χ1) is 11.0. The average Bonchev–Trinajstić information content (AvgIpc) is 2.87. The number of aromatic nitrogens is 2. The minimum absolute atomic E-state index is 0.0715. The highest BCUT2D eigenvalue weighted by Crippen LogP contribution is 2.20. The van der Waals surface area contributed by atoms with Gasteiger partial charge in [-0.15, -0.1) is 0 Å². The topological polar surface area (TPSA) is 84.2 Å². The van der Waals surface area contributed by atoms with Crippen LogP contribution in [0.5, 0.6) is 0 Å². The summed E-state index contributed by atoms with van der Waals surface area (Å²) in [5.41, 5.74) is 1.99. The highest BCUT2D eigenvalue weighted by Gasteiger charge is 2.13. The molecule has 124 valence electrons. The molecule has 1 amide bonds. The van der Waals surface area contributed by atoms with Gasteiger partial charge in [0, 0.05) is 18.9 Å². The number of carbonyl (C=O) groups excluding carboxylic acids is 1. The molecule has 2 aromatic rings. The molecule has 0 atom stereocenters. The number of fused-ring (bicyclic) bond motifs is 1. The van der Waals surface area contributed by atoms with Gasteiger partial charge in [-0.3, -0.25) is 9.59 Å². The number of para-hydroxylation sites is 2. The maximum absolute atomic E-state index is 11.9. The molecule has 0 aliphatic heterocycles. The molecule has 0 aliphatic rings. The number of benzene rings is 1. The van der Waals surface area contributed by atoms with Crippen LogP contribution in [0, 0.1) is 0 Å². The lowest BCUT2D eigenvalue weighted by Crippen LogP contribution is -2.24. The first-order valence-corrected chi connectivity index (χ1v) is 7.93. The van der Waals surface area contributed by atoms with Crippen LogP contribution < -0.4 is 5.32 Å². The fourth-order valence-electron chi connectivity index (χ4n) is 2.62. The highest BCUT2D eigenvalue weighted by atomic mass is 16.4. The van der Waals surface area contributed by atoms with Crippen molar-refractivity contribution in [2.24, 2.45) is 0 Å². The van der Waals surface area contributed by atoms with Crippen molar-refractivity contribution < 1.29 is 14.7 Å². The van der Waals surface area contributed by atoms with E-state index in [-0.39, 0.29) is 18.4 Å². The Kier molecular flexibility index (Phi) is 5.73. The maximum atomic E-state index is 11.9. The Morgan fingerprint density at radius 1 is 1.22 bits per heavy atom. The summed E-state index contributed by atoms with van der Waals surface area (Å²) in [5, 5.41) is 11.4. The predicted octanol–water partition coefficient (Wildman–Crippen LogP) is 2.88. The van der Waals surface area contributed by atoms with Gasteiger partial charge in [-0.1, -0.05) is 12.1 Å². The third kappa shape index (κ3) is 4.55. The second-order valence-electron chi connectivity index (χ2n) is 5.86. The van der Waals surface area contributed by atoms with Gasteiger partial charge in [0.15, 0.2) is 0 Å². The van der Waals surface area contributed by atoms with Crippen LogP contribution in [0.1, 0.15) is 51.4 Å². The lowest BCUT2D eigenvalue weighted by atomic mass is 10.2. The van der Waals surface area contributed by atoms with Crippen LogP contribution in [-0.2, 0) is 16.1 Å². The third-order valence-corrected chi connectivity index (χ3v) is 3.67. The van der Waals surface area contributed by atoms with E-state index in [4.69, 9.17) is 5.11 Å². The summed E-state index contributed by atoms with van der Waals surface area (Å²) >= 11 is 0. The molecule has 0 saturated heterocycles. The summed E-state index contributed by atoms with van der Waals surface area (Å²) in [5.74, 6) is -0.0612. The molecule has 6 nitrogen and oxygen atoms in total. The molecule has 0 radical (unpaired) electrons. The number of aliphatic carboxylic acids is 1. The molecule has 6 heteroatoms. The highest BCUT2D eigenvalue weighted by molar-refractivity contribution is 5.77. The Morgan fingerprint density at radius 3 is 2.61 bits per heavy atom. The molecule has 1 aromatic heterocycles. The number of hydrogen-bond donors (Lipinski definition) is 2. The van der Waals surface area contributed by atoms with Gasteiger partial charge in [0.25, 0.3) is 0 Å². The summed E-state index contributed by atoms with van der Waals surface area (Å²) < 4.78 is 2.13. The number of nitrogens with zero attached hydrogens (tertiary/aromatic N) is 2. The molecule has 23 heavy (non-hydrogen) atoms. The zero-order valence-corrected chi connectivity index (χ0v) is 13.6. The number of nitrogens with one attached hydrogen (secondary N) is 1. The first kappa shape index (κ1) is 17.0. The SMILES string of the molecule is CC(C)n1c(CNC(=O)CCCCC(=O)O)nc2ccccc21. The van der Waals surface area contributed by atoms with E-state index in [0.29, 0.717) is 25.8 Å². The Hall–Kier alpha value is -2.37. The number of hydrogen-bond acceptors (Lipinski definition) is 3. The Morgan fingerprint density at radius 2 is 1.91 bits per heavy atom. The normalized spacial score (nSPS) is 11.1. The summed E-state index contributed by atoms with van der Waals surface area (Å²) in [6.07, 6.45) is 1.55. The Bertz CT molecular complexity index is 691. The maximum Gasteiger partial charge on any atom is 0.303 e. The van der Waals surface area contributed by atoms with E-state index < -0.39 is 5.97 Å². The van der Waals surface area contributed by atoms with Gasteiger partial charge in [-0.25, -0.2) is 4.98 Å². The number of carbonyl (C=O) groups is 2. The van der Waals surface area contributed by atoms with Crippen molar-refractivity contribution in [1.29, 1.82) is 0 Å². The zero-order valence-electron chi connectivity index (χ0n) is 13.6. The Balaban J connectivity index is 1.95. The lowest BCUT2D eigenvalue weighted by molar-refractivity contribution is -0.137. The van der Waals surface area contributed by atoms with Crippen molar-refractivity contribution in [3.8, 4) is 0 Å². The fraction of sp³-hybridized carbons (Fsp3) is 0.471. The summed E-state index contributed by atoms with van der Waals surface area (Å²) in [7, 11) is 0. The second kappa shape index (κ2) is 7.76. The molecular weight excluding hydrogens is 294 g/mol. The molecule has 2 rings (SSSR count). The van der Waals surface area contributed by atoms with Crippen molar-refractivity contribution in [2.45, 2.75) is 52.1 Å². The third-order valence-electron chi connectivity index (χ3n) is 3.67. The smallest absolute Gasteiger partial charge is 0.303 e.